The zero-order valence-corrected chi connectivity index (χ0v) is 17.4. The lowest BCUT2D eigenvalue weighted by Gasteiger charge is -2.08. The van der Waals surface area contributed by atoms with Crippen LogP contribution >= 0.6 is 11.6 Å². The molecule has 33 heavy (non-hydrogen) atoms. The predicted octanol–water partition coefficient (Wildman–Crippen LogP) is 5.57. The smallest absolute Gasteiger partial charge is 0.291 e. The second-order valence-electron chi connectivity index (χ2n) is 6.82. The fraction of sp³-hybridized carbons (Fsp3) is 0.0909. The van der Waals surface area contributed by atoms with Gasteiger partial charge < -0.3 is 14.5 Å². The highest BCUT2D eigenvalue weighted by molar-refractivity contribution is 6.31. The normalized spacial score (nSPS) is 10.9. The first-order valence-electron chi connectivity index (χ1n) is 9.43. The summed E-state index contributed by atoms with van der Waals surface area (Å²) < 4.78 is 65.5. The molecule has 0 aliphatic heterocycles. The van der Waals surface area contributed by atoms with E-state index in [0.29, 0.717) is 17.3 Å². The van der Waals surface area contributed by atoms with Gasteiger partial charge in [-0.3, -0.25) is 9.48 Å². The first-order chi connectivity index (χ1) is 15.8. The quantitative estimate of drug-likeness (QED) is 0.278. The molecule has 0 saturated heterocycles. The van der Waals surface area contributed by atoms with Crippen LogP contribution in [0.5, 0.6) is 5.75 Å². The standard InChI is InChI=1S/C22H14ClF4N3O3/c23-15-4-2-1-3-12(15)9-30-10-13(8-28-30)29-22(31)18-6-5-14(33-18)11-32-21-19(26)16(24)7-17(25)20(21)27/h1-8,10H,9,11H2,(H,29,31). The van der Waals surface area contributed by atoms with E-state index >= 15 is 0 Å². The van der Waals surface area contributed by atoms with E-state index in [1.54, 1.807) is 16.9 Å². The van der Waals surface area contributed by atoms with Gasteiger partial charge in [0.15, 0.2) is 23.1 Å². The van der Waals surface area contributed by atoms with Crippen LogP contribution < -0.4 is 10.1 Å². The molecule has 2 heterocycles. The highest BCUT2D eigenvalue weighted by atomic mass is 35.5. The number of benzene rings is 2. The number of amides is 1. The van der Waals surface area contributed by atoms with Crippen LogP contribution in [0.15, 0.2) is 59.3 Å². The maximum absolute atomic E-state index is 13.7. The Morgan fingerprint density at radius 1 is 1.09 bits per heavy atom. The number of nitrogens with one attached hydrogen (secondary N) is 1. The molecule has 1 amide bonds. The van der Waals surface area contributed by atoms with Crippen LogP contribution in [0.3, 0.4) is 0 Å². The number of anilines is 1. The lowest BCUT2D eigenvalue weighted by atomic mass is 10.2. The molecule has 11 heteroatoms. The van der Waals surface area contributed by atoms with Crippen molar-refractivity contribution >= 4 is 23.2 Å². The summed E-state index contributed by atoms with van der Waals surface area (Å²) in [5.74, 6) is -8.51. The van der Waals surface area contributed by atoms with Crippen LogP contribution in [-0.2, 0) is 13.2 Å². The van der Waals surface area contributed by atoms with Gasteiger partial charge in [-0.1, -0.05) is 29.8 Å². The SMILES string of the molecule is O=C(Nc1cnn(Cc2ccccc2Cl)c1)c1ccc(COc2c(F)c(F)cc(F)c2F)o1. The largest absolute Gasteiger partial charge is 0.479 e. The van der Waals surface area contributed by atoms with Crippen molar-refractivity contribution in [3.63, 3.8) is 0 Å². The average molecular weight is 480 g/mol. The summed E-state index contributed by atoms with van der Waals surface area (Å²) in [5, 5.41) is 7.34. The van der Waals surface area contributed by atoms with E-state index in [1.165, 1.54) is 18.3 Å². The van der Waals surface area contributed by atoms with E-state index in [2.05, 4.69) is 10.4 Å². The molecular formula is C22H14ClF4N3O3. The van der Waals surface area contributed by atoms with Crippen LogP contribution in [0.1, 0.15) is 21.9 Å². The molecule has 6 nitrogen and oxygen atoms in total. The molecule has 0 radical (unpaired) electrons. The number of carbonyl (C=O) groups is 1. The van der Waals surface area contributed by atoms with Crippen LogP contribution in [0, 0.1) is 23.3 Å². The van der Waals surface area contributed by atoms with E-state index in [9.17, 15) is 22.4 Å². The Morgan fingerprint density at radius 3 is 2.55 bits per heavy atom. The van der Waals surface area contributed by atoms with Gasteiger partial charge >= 0.3 is 0 Å². The Labute approximate surface area is 189 Å². The van der Waals surface area contributed by atoms with Crippen molar-refractivity contribution in [2.45, 2.75) is 13.2 Å². The van der Waals surface area contributed by atoms with Crippen LogP contribution in [-0.4, -0.2) is 15.7 Å². The summed E-state index contributed by atoms with van der Waals surface area (Å²) in [5.41, 5.74) is 1.24. The summed E-state index contributed by atoms with van der Waals surface area (Å²) in [6, 6.07) is 9.97. The maximum atomic E-state index is 13.7. The van der Waals surface area contributed by atoms with E-state index in [1.807, 2.05) is 18.2 Å². The molecule has 1 N–H and O–H groups in total. The summed E-state index contributed by atoms with van der Waals surface area (Å²) in [6.07, 6.45) is 3.03. The predicted molar refractivity (Wildman–Crippen MR) is 110 cm³/mol. The Hall–Kier alpha value is -3.79. The number of hydrogen-bond acceptors (Lipinski definition) is 4. The van der Waals surface area contributed by atoms with Gasteiger partial charge in [-0.25, -0.2) is 8.78 Å². The number of rotatable bonds is 7. The molecule has 0 aliphatic rings. The lowest BCUT2D eigenvalue weighted by Crippen LogP contribution is -2.10. The van der Waals surface area contributed by atoms with E-state index in [-0.39, 0.29) is 17.6 Å². The zero-order chi connectivity index (χ0) is 23.5. The Balaban J connectivity index is 1.38. The number of aromatic nitrogens is 2. The van der Waals surface area contributed by atoms with Crippen LogP contribution in [0.2, 0.25) is 5.02 Å². The van der Waals surface area contributed by atoms with Crippen molar-refractivity contribution < 1.29 is 31.5 Å². The van der Waals surface area contributed by atoms with Crippen molar-refractivity contribution in [1.29, 1.82) is 0 Å². The molecule has 170 valence electrons. The summed E-state index contributed by atoms with van der Waals surface area (Å²) in [7, 11) is 0. The van der Waals surface area contributed by atoms with Gasteiger partial charge in [0.05, 0.1) is 18.4 Å². The van der Waals surface area contributed by atoms with Gasteiger partial charge in [-0.2, -0.15) is 13.9 Å². The van der Waals surface area contributed by atoms with Crippen LogP contribution in [0.4, 0.5) is 23.2 Å². The molecule has 0 spiro atoms. The van der Waals surface area contributed by atoms with Crippen molar-refractivity contribution in [1.82, 2.24) is 9.78 Å². The molecule has 2 aromatic carbocycles. The highest BCUT2D eigenvalue weighted by Crippen LogP contribution is 2.27. The van der Waals surface area contributed by atoms with Crippen molar-refractivity contribution in [3.8, 4) is 5.75 Å². The Morgan fingerprint density at radius 2 is 1.82 bits per heavy atom. The minimum atomic E-state index is -1.67. The third-order valence-corrected chi connectivity index (χ3v) is 4.87. The van der Waals surface area contributed by atoms with Gasteiger partial charge in [0, 0.05) is 17.3 Å². The van der Waals surface area contributed by atoms with Gasteiger partial charge in [-0.15, -0.1) is 0 Å². The lowest BCUT2D eigenvalue weighted by molar-refractivity contribution is 0.0992. The summed E-state index contributed by atoms with van der Waals surface area (Å²) in [6.45, 7) is -0.175. The monoisotopic (exact) mass is 479 g/mol. The summed E-state index contributed by atoms with van der Waals surface area (Å²) in [4.78, 5) is 12.4. The van der Waals surface area contributed by atoms with Gasteiger partial charge in [0.2, 0.25) is 11.6 Å². The van der Waals surface area contributed by atoms with E-state index < -0.39 is 41.5 Å². The van der Waals surface area contributed by atoms with Crippen molar-refractivity contribution in [2.75, 3.05) is 5.32 Å². The number of nitrogens with zero attached hydrogens (tertiary/aromatic N) is 2. The van der Waals surface area contributed by atoms with E-state index in [0.717, 1.165) is 5.56 Å². The topological polar surface area (TPSA) is 69.3 Å². The summed E-state index contributed by atoms with van der Waals surface area (Å²) >= 11 is 6.13. The molecule has 0 unspecified atom stereocenters. The maximum Gasteiger partial charge on any atom is 0.291 e. The third kappa shape index (κ3) is 5.01. The number of ether oxygens (including phenoxy) is 1. The molecular weight excluding hydrogens is 466 g/mol. The molecule has 0 atom stereocenters. The van der Waals surface area contributed by atoms with Gasteiger partial charge in [-0.05, 0) is 23.8 Å². The number of furan rings is 1. The minimum absolute atomic E-state index is 0.00182. The Bertz CT molecular complexity index is 1300. The molecule has 0 saturated carbocycles. The fourth-order valence-electron chi connectivity index (χ4n) is 2.91. The molecule has 4 rings (SSSR count). The first-order valence-corrected chi connectivity index (χ1v) is 9.81. The number of halogens is 5. The van der Waals surface area contributed by atoms with Crippen LogP contribution in [0.25, 0.3) is 0 Å². The molecule has 2 aromatic heterocycles. The average Bonchev–Trinajstić information content (AvgIpc) is 3.44. The third-order valence-electron chi connectivity index (χ3n) is 4.50. The first kappa shape index (κ1) is 22.4. The molecule has 4 aromatic rings. The second kappa shape index (κ2) is 9.37. The second-order valence-corrected chi connectivity index (χ2v) is 7.23. The Kier molecular flexibility index (Phi) is 6.36. The van der Waals surface area contributed by atoms with Crippen molar-refractivity contribution in [3.05, 3.63) is 100 Å². The molecule has 0 bridgehead atoms. The van der Waals surface area contributed by atoms with Gasteiger partial charge in [0.1, 0.15) is 12.4 Å². The van der Waals surface area contributed by atoms with Crippen molar-refractivity contribution in [2.24, 2.45) is 0 Å². The molecule has 0 aliphatic carbocycles. The number of hydrogen-bond donors (Lipinski definition) is 1. The van der Waals surface area contributed by atoms with Gasteiger partial charge in [0.25, 0.3) is 5.91 Å². The zero-order valence-electron chi connectivity index (χ0n) is 16.6. The fourth-order valence-corrected chi connectivity index (χ4v) is 3.10. The minimum Gasteiger partial charge on any atom is -0.479 e. The number of carbonyl (C=O) groups excluding carboxylic acids is 1. The highest BCUT2D eigenvalue weighted by Gasteiger charge is 2.21. The molecule has 0 fully saturated rings. The van der Waals surface area contributed by atoms with E-state index in [4.69, 9.17) is 20.8 Å².